The number of sulfonamides is 1. The van der Waals surface area contributed by atoms with Gasteiger partial charge < -0.3 is 15.1 Å². The second-order valence-electron chi connectivity index (χ2n) is 7.55. The lowest BCUT2D eigenvalue weighted by atomic mass is 10.2. The number of hydrogen-bond donors (Lipinski definition) is 1. The van der Waals surface area contributed by atoms with Crippen molar-refractivity contribution in [3.05, 3.63) is 40.1 Å². The first-order chi connectivity index (χ1) is 14.8. The zero-order chi connectivity index (χ0) is 22.6. The van der Waals surface area contributed by atoms with Gasteiger partial charge in [0.15, 0.2) is 0 Å². The van der Waals surface area contributed by atoms with E-state index in [2.05, 4.69) is 22.0 Å². The van der Waals surface area contributed by atoms with Crippen LogP contribution < -0.4 is 10.2 Å². The maximum atomic E-state index is 13.1. The molecule has 1 saturated heterocycles. The summed E-state index contributed by atoms with van der Waals surface area (Å²) in [5, 5.41) is 2.98. The molecule has 3 rings (SSSR count). The molecule has 2 aromatic rings. The monoisotopic (exact) mass is 464 g/mol. The van der Waals surface area contributed by atoms with Gasteiger partial charge in [0.05, 0.1) is 21.1 Å². The summed E-state index contributed by atoms with van der Waals surface area (Å²) in [4.78, 5) is 19.3. The molecule has 1 aromatic carbocycles. The van der Waals surface area contributed by atoms with Crippen molar-refractivity contribution in [2.45, 2.75) is 32.6 Å². The Hall–Kier alpha value is -1.94. The summed E-state index contributed by atoms with van der Waals surface area (Å²) in [7, 11) is -3.62. The molecule has 2 heterocycles. The number of thiophene rings is 1. The van der Waals surface area contributed by atoms with Gasteiger partial charge in [-0.05, 0) is 43.8 Å². The zero-order valence-electron chi connectivity index (χ0n) is 18.7. The fraction of sp³-hybridized carbons (Fsp3) is 0.500. The van der Waals surface area contributed by atoms with Crippen LogP contribution in [-0.2, 0) is 10.0 Å². The first-order valence-corrected chi connectivity index (χ1v) is 13.0. The van der Waals surface area contributed by atoms with E-state index in [0.29, 0.717) is 23.7 Å². The summed E-state index contributed by atoms with van der Waals surface area (Å²) in [5.74, 6) is -0.219. The van der Waals surface area contributed by atoms with Gasteiger partial charge in [-0.25, -0.2) is 8.42 Å². The van der Waals surface area contributed by atoms with Crippen LogP contribution in [0.2, 0.25) is 0 Å². The number of aryl methyl sites for hydroxylation is 1. The number of nitrogens with one attached hydrogen (secondary N) is 1. The van der Waals surface area contributed by atoms with Gasteiger partial charge in [-0.3, -0.25) is 4.79 Å². The number of benzene rings is 1. The normalized spacial score (nSPS) is 15.5. The molecule has 9 heteroatoms. The van der Waals surface area contributed by atoms with Crippen LogP contribution in [0.3, 0.4) is 0 Å². The van der Waals surface area contributed by atoms with Crippen molar-refractivity contribution in [2.24, 2.45) is 0 Å². The standard InChI is InChI=1S/C22H32N4O3S2/c1-5-24-12-14-25(15-13-24)20-10-9-18(31(28,29)26(6-2)7-3)16-19(20)23-22(27)21-11-8-17(4)30-21/h8-11,16H,5-7,12-15H2,1-4H3,(H,23,27). The van der Waals surface area contributed by atoms with Crippen molar-refractivity contribution in [2.75, 3.05) is 56.0 Å². The van der Waals surface area contributed by atoms with Crippen LogP contribution in [0.15, 0.2) is 35.2 Å². The Kier molecular flexibility index (Phi) is 7.74. The number of likely N-dealkylation sites (N-methyl/N-ethyl adjacent to an activating group) is 1. The Morgan fingerprint density at radius 3 is 2.29 bits per heavy atom. The van der Waals surface area contributed by atoms with Crippen LogP contribution in [0.1, 0.15) is 35.3 Å². The molecule has 1 aliphatic rings. The molecular weight excluding hydrogens is 432 g/mol. The third kappa shape index (κ3) is 5.28. The first-order valence-electron chi connectivity index (χ1n) is 10.8. The minimum atomic E-state index is -3.62. The Morgan fingerprint density at radius 2 is 1.74 bits per heavy atom. The number of piperazine rings is 1. The van der Waals surface area contributed by atoms with Gasteiger partial charge in [0.25, 0.3) is 5.91 Å². The summed E-state index contributed by atoms with van der Waals surface area (Å²) in [6.07, 6.45) is 0. The van der Waals surface area contributed by atoms with Crippen LogP contribution in [-0.4, -0.2) is 69.3 Å². The molecule has 1 N–H and O–H groups in total. The number of hydrogen-bond acceptors (Lipinski definition) is 6. The summed E-state index contributed by atoms with van der Waals surface area (Å²) in [6.45, 7) is 13.1. The van der Waals surface area contributed by atoms with E-state index in [0.717, 1.165) is 43.3 Å². The van der Waals surface area contributed by atoms with Crippen LogP contribution in [0.25, 0.3) is 0 Å². The molecule has 0 saturated carbocycles. The van der Waals surface area contributed by atoms with E-state index in [1.165, 1.54) is 15.6 Å². The van der Waals surface area contributed by atoms with E-state index in [-0.39, 0.29) is 10.8 Å². The van der Waals surface area contributed by atoms with Crippen molar-refractivity contribution in [3.63, 3.8) is 0 Å². The molecule has 0 spiro atoms. The van der Waals surface area contributed by atoms with Crippen molar-refractivity contribution in [1.82, 2.24) is 9.21 Å². The van der Waals surface area contributed by atoms with E-state index < -0.39 is 10.0 Å². The van der Waals surface area contributed by atoms with Crippen LogP contribution in [0.4, 0.5) is 11.4 Å². The number of amides is 1. The third-order valence-corrected chi connectivity index (χ3v) is 8.73. The average Bonchev–Trinajstić information content (AvgIpc) is 3.21. The van der Waals surface area contributed by atoms with E-state index >= 15 is 0 Å². The Morgan fingerprint density at radius 1 is 1.06 bits per heavy atom. The molecule has 170 valence electrons. The fourth-order valence-electron chi connectivity index (χ4n) is 3.81. The highest BCUT2D eigenvalue weighted by Gasteiger charge is 2.25. The van der Waals surface area contributed by atoms with Gasteiger partial charge in [-0.15, -0.1) is 11.3 Å². The predicted octanol–water partition coefficient (Wildman–Crippen LogP) is 3.48. The number of carbonyl (C=O) groups is 1. The lowest BCUT2D eigenvalue weighted by Gasteiger charge is -2.36. The maximum Gasteiger partial charge on any atom is 0.265 e. The topological polar surface area (TPSA) is 73.0 Å². The van der Waals surface area contributed by atoms with Gasteiger partial charge in [-0.2, -0.15) is 4.31 Å². The summed E-state index contributed by atoms with van der Waals surface area (Å²) in [5.41, 5.74) is 1.39. The van der Waals surface area contributed by atoms with Gasteiger partial charge in [0.1, 0.15) is 0 Å². The molecule has 1 fully saturated rings. The van der Waals surface area contributed by atoms with Gasteiger partial charge in [0.2, 0.25) is 10.0 Å². The minimum absolute atomic E-state index is 0.199. The van der Waals surface area contributed by atoms with Crippen LogP contribution in [0.5, 0.6) is 0 Å². The molecule has 1 aromatic heterocycles. The first kappa shape index (κ1) is 23.7. The highest BCUT2D eigenvalue weighted by atomic mass is 32.2. The Bertz CT molecular complexity index is 1010. The number of rotatable bonds is 8. The summed E-state index contributed by atoms with van der Waals surface area (Å²) >= 11 is 1.42. The van der Waals surface area contributed by atoms with E-state index in [9.17, 15) is 13.2 Å². The molecule has 0 unspecified atom stereocenters. The summed E-state index contributed by atoms with van der Waals surface area (Å²) < 4.78 is 27.6. The van der Waals surface area contributed by atoms with E-state index in [1.807, 2.05) is 32.9 Å². The van der Waals surface area contributed by atoms with E-state index in [1.54, 1.807) is 18.2 Å². The smallest absolute Gasteiger partial charge is 0.265 e. The highest BCUT2D eigenvalue weighted by molar-refractivity contribution is 7.89. The maximum absolute atomic E-state index is 13.1. The van der Waals surface area contributed by atoms with Crippen LogP contribution >= 0.6 is 11.3 Å². The largest absolute Gasteiger partial charge is 0.367 e. The Balaban J connectivity index is 1.97. The van der Waals surface area contributed by atoms with Crippen LogP contribution in [0, 0.1) is 6.92 Å². The highest BCUT2D eigenvalue weighted by Crippen LogP contribution is 2.32. The summed E-state index contributed by atoms with van der Waals surface area (Å²) in [6, 6.07) is 8.79. The molecule has 0 atom stereocenters. The fourth-order valence-corrected chi connectivity index (χ4v) is 6.06. The van der Waals surface area contributed by atoms with Crippen molar-refractivity contribution < 1.29 is 13.2 Å². The molecule has 1 amide bonds. The second kappa shape index (κ2) is 10.1. The van der Waals surface area contributed by atoms with Crippen molar-refractivity contribution in [1.29, 1.82) is 0 Å². The van der Waals surface area contributed by atoms with Crippen molar-refractivity contribution in [3.8, 4) is 0 Å². The molecule has 31 heavy (non-hydrogen) atoms. The van der Waals surface area contributed by atoms with Gasteiger partial charge in [-0.1, -0.05) is 20.8 Å². The van der Waals surface area contributed by atoms with Crippen molar-refractivity contribution >= 4 is 38.6 Å². The lowest BCUT2D eigenvalue weighted by Crippen LogP contribution is -2.46. The number of anilines is 2. The zero-order valence-corrected chi connectivity index (χ0v) is 20.4. The molecule has 0 bridgehead atoms. The molecule has 7 nitrogen and oxygen atoms in total. The quantitative estimate of drug-likeness (QED) is 0.648. The third-order valence-electron chi connectivity index (χ3n) is 5.68. The van der Waals surface area contributed by atoms with Gasteiger partial charge >= 0.3 is 0 Å². The average molecular weight is 465 g/mol. The minimum Gasteiger partial charge on any atom is -0.367 e. The van der Waals surface area contributed by atoms with E-state index in [4.69, 9.17) is 0 Å². The Labute approximate surface area is 189 Å². The molecule has 0 aliphatic carbocycles. The second-order valence-corrected chi connectivity index (χ2v) is 10.8. The number of nitrogens with zero attached hydrogens (tertiary/aromatic N) is 3. The molecule has 0 radical (unpaired) electrons. The molecule has 1 aliphatic heterocycles. The lowest BCUT2D eigenvalue weighted by molar-refractivity contribution is 0.103. The SMILES string of the molecule is CCN1CCN(c2ccc(S(=O)(=O)N(CC)CC)cc2NC(=O)c2ccc(C)s2)CC1. The predicted molar refractivity (Wildman–Crippen MR) is 128 cm³/mol. The van der Waals surface area contributed by atoms with Gasteiger partial charge in [0, 0.05) is 44.1 Å². The number of carbonyl (C=O) groups excluding carboxylic acids is 1. The molecular formula is C22H32N4O3S2.